The Balaban J connectivity index is 2.21. The fraction of sp³-hybridized carbons (Fsp3) is 0.714. The Morgan fingerprint density at radius 2 is 2.00 bits per heavy atom. The van der Waals surface area contributed by atoms with E-state index in [9.17, 15) is 0 Å². The van der Waals surface area contributed by atoms with Gasteiger partial charge in [-0.2, -0.15) is 0 Å². The SMILES string of the molecule is Cc1nccc(CNC(C)CCCC(C)C)n1. The molecule has 0 aliphatic rings. The maximum Gasteiger partial charge on any atom is 0.125 e. The highest BCUT2D eigenvalue weighted by atomic mass is 14.9. The number of hydrogen-bond acceptors (Lipinski definition) is 3. The average molecular weight is 235 g/mol. The lowest BCUT2D eigenvalue weighted by molar-refractivity contribution is 0.455. The van der Waals surface area contributed by atoms with Crippen LogP contribution in [0.25, 0.3) is 0 Å². The quantitative estimate of drug-likeness (QED) is 0.789. The van der Waals surface area contributed by atoms with Crippen molar-refractivity contribution in [3.05, 3.63) is 23.8 Å². The van der Waals surface area contributed by atoms with Gasteiger partial charge in [-0.05, 0) is 32.3 Å². The molecular weight excluding hydrogens is 210 g/mol. The molecule has 1 N–H and O–H groups in total. The Bertz CT molecular complexity index is 323. The summed E-state index contributed by atoms with van der Waals surface area (Å²) in [5, 5.41) is 3.51. The van der Waals surface area contributed by atoms with E-state index in [-0.39, 0.29) is 0 Å². The number of aromatic nitrogens is 2. The minimum atomic E-state index is 0.559. The van der Waals surface area contributed by atoms with E-state index in [4.69, 9.17) is 0 Å². The molecule has 0 aliphatic heterocycles. The van der Waals surface area contributed by atoms with Crippen molar-refractivity contribution < 1.29 is 0 Å². The molecule has 0 aliphatic carbocycles. The zero-order valence-electron chi connectivity index (χ0n) is 11.5. The highest BCUT2D eigenvalue weighted by Crippen LogP contribution is 2.08. The van der Waals surface area contributed by atoms with Gasteiger partial charge in [0.05, 0.1) is 5.69 Å². The van der Waals surface area contributed by atoms with E-state index < -0.39 is 0 Å². The molecule has 0 saturated carbocycles. The van der Waals surface area contributed by atoms with Crippen LogP contribution >= 0.6 is 0 Å². The molecule has 0 saturated heterocycles. The maximum absolute atomic E-state index is 4.38. The fourth-order valence-corrected chi connectivity index (χ4v) is 1.82. The van der Waals surface area contributed by atoms with E-state index in [1.807, 2.05) is 19.2 Å². The fourth-order valence-electron chi connectivity index (χ4n) is 1.82. The van der Waals surface area contributed by atoms with Crippen LogP contribution in [0.1, 0.15) is 51.6 Å². The summed E-state index contributed by atoms with van der Waals surface area (Å²) in [5.74, 6) is 1.66. The second kappa shape index (κ2) is 7.38. The summed E-state index contributed by atoms with van der Waals surface area (Å²) in [7, 11) is 0. The summed E-state index contributed by atoms with van der Waals surface area (Å²) in [4.78, 5) is 8.48. The lowest BCUT2D eigenvalue weighted by atomic mass is 10.0. The monoisotopic (exact) mass is 235 g/mol. The molecule has 1 aromatic rings. The predicted molar refractivity (Wildman–Crippen MR) is 71.8 cm³/mol. The van der Waals surface area contributed by atoms with Gasteiger partial charge in [0.25, 0.3) is 0 Å². The summed E-state index contributed by atoms with van der Waals surface area (Å²) in [6.07, 6.45) is 5.68. The standard InChI is InChI=1S/C14H25N3/c1-11(2)6-5-7-12(3)16-10-14-8-9-15-13(4)17-14/h8-9,11-12,16H,5-7,10H2,1-4H3. The van der Waals surface area contributed by atoms with Crippen molar-refractivity contribution in [3.63, 3.8) is 0 Å². The van der Waals surface area contributed by atoms with Gasteiger partial charge >= 0.3 is 0 Å². The third-order valence-corrected chi connectivity index (χ3v) is 2.88. The summed E-state index contributed by atoms with van der Waals surface area (Å²) < 4.78 is 0. The van der Waals surface area contributed by atoms with Crippen LogP contribution in [0.4, 0.5) is 0 Å². The second-order valence-electron chi connectivity index (χ2n) is 5.20. The Labute approximate surface area is 105 Å². The van der Waals surface area contributed by atoms with E-state index in [0.717, 1.165) is 24.0 Å². The zero-order chi connectivity index (χ0) is 12.7. The van der Waals surface area contributed by atoms with Crippen LogP contribution in [0.2, 0.25) is 0 Å². The second-order valence-corrected chi connectivity index (χ2v) is 5.20. The summed E-state index contributed by atoms with van der Waals surface area (Å²) in [6.45, 7) is 9.57. The van der Waals surface area contributed by atoms with Crippen LogP contribution in [-0.4, -0.2) is 16.0 Å². The van der Waals surface area contributed by atoms with Crippen molar-refractivity contribution in [2.75, 3.05) is 0 Å². The molecule has 0 radical (unpaired) electrons. The van der Waals surface area contributed by atoms with Gasteiger partial charge in [0.15, 0.2) is 0 Å². The molecule has 96 valence electrons. The van der Waals surface area contributed by atoms with Crippen LogP contribution in [-0.2, 0) is 6.54 Å². The molecular formula is C14H25N3. The maximum atomic E-state index is 4.38. The third-order valence-electron chi connectivity index (χ3n) is 2.88. The van der Waals surface area contributed by atoms with Crippen molar-refractivity contribution in [1.29, 1.82) is 0 Å². The smallest absolute Gasteiger partial charge is 0.125 e. The molecule has 1 heterocycles. The van der Waals surface area contributed by atoms with Crippen molar-refractivity contribution >= 4 is 0 Å². The predicted octanol–water partition coefficient (Wildman–Crippen LogP) is 3.09. The van der Waals surface area contributed by atoms with Crippen LogP contribution < -0.4 is 5.32 Å². The van der Waals surface area contributed by atoms with Crippen molar-refractivity contribution in [3.8, 4) is 0 Å². The zero-order valence-corrected chi connectivity index (χ0v) is 11.5. The van der Waals surface area contributed by atoms with Gasteiger partial charge in [-0.25, -0.2) is 9.97 Å². The van der Waals surface area contributed by atoms with Gasteiger partial charge in [0.1, 0.15) is 5.82 Å². The van der Waals surface area contributed by atoms with E-state index in [0.29, 0.717) is 6.04 Å². The molecule has 3 nitrogen and oxygen atoms in total. The number of aryl methyl sites for hydroxylation is 1. The Morgan fingerprint density at radius 1 is 1.24 bits per heavy atom. The van der Waals surface area contributed by atoms with Crippen LogP contribution in [0, 0.1) is 12.8 Å². The topological polar surface area (TPSA) is 37.8 Å². The summed E-state index contributed by atoms with van der Waals surface area (Å²) in [5.41, 5.74) is 1.08. The van der Waals surface area contributed by atoms with E-state index in [1.165, 1.54) is 19.3 Å². The lowest BCUT2D eigenvalue weighted by Gasteiger charge is -2.14. The Hall–Kier alpha value is -0.960. The van der Waals surface area contributed by atoms with Crippen LogP contribution in [0.3, 0.4) is 0 Å². The molecule has 0 bridgehead atoms. The number of nitrogens with zero attached hydrogens (tertiary/aromatic N) is 2. The average Bonchev–Trinajstić information content (AvgIpc) is 2.26. The van der Waals surface area contributed by atoms with Gasteiger partial charge in [-0.15, -0.1) is 0 Å². The molecule has 1 aromatic heterocycles. The molecule has 3 heteroatoms. The normalized spacial score (nSPS) is 13.0. The molecule has 0 aromatic carbocycles. The summed E-state index contributed by atoms with van der Waals surface area (Å²) >= 11 is 0. The Morgan fingerprint density at radius 3 is 2.65 bits per heavy atom. The first kappa shape index (κ1) is 14.1. The van der Waals surface area contributed by atoms with Gasteiger partial charge < -0.3 is 5.32 Å². The first-order valence-electron chi connectivity index (χ1n) is 6.60. The highest BCUT2D eigenvalue weighted by molar-refractivity contribution is 5.01. The minimum Gasteiger partial charge on any atom is -0.309 e. The van der Waals surface area contributed by atoms with Crippen molar-refractivity contribution in [2.24, 2.45) is 5.92 Å². The van der Waals surface area contributed by atoms with E-state index in [2.05, 4.69) is 36.1 Å². The first-order chi connectivity index (χ1) is 8.08. The molecule has 0 fully saturated rings. The first-order valence-corrected chi connectivity index (χ1v) is 6.60. The summed E-state index contributed by atoms with van der Waals surface area (Å²) in [6, 6.07) is 2.53. The third kappa shape index (κ3) is 6.37. The molecule has 0 spiro atoms. The van der Waals surface area contributed by atoms with E-state index in [1.54, 1.807) is 0 Å². The van der Waals surface area contributed by atoms with E-state index >= 15 is 0 Å². The van der Waals surface area contributed by atoms with Gasteiger partial charge in [-0.1, -0.05) is 26.7 Å². The highest BCUT2D eigenvalue weighted by Gasteiger charge is 2.03. The van der Waals surface area contributed by atoms with Crippen LogP contribution in [0.15, 0.2) is 12.3 Å². The number of nitrogens with one attached hydrogen (secondary N) is 1. The van der Waals surface area contributed by atoms with Gasteiger partial charge in [-0.3, -0.25) is 0 Å². The van der Waals surface area contributed by atoms with Gasteiger partial charge in [0.2, 0.25) is 0 Å². The molecule has 17 heavy (non-hydrogen) atoms. The van der Waals surface area contributed by atoms with Gasteiger partial charge in [0, 0.05) is 18.8 Å². The molecule has 1 unspecified atom stereocenters. The number of rotatable bonds is 7. The minimum absolute atomic E-state index is 0.559. The molecule has 0 amide bonds. The Kier molecular flexibility index (Phi) is 6.12. The lowest BCUT2D eigenvalue weighted by Crippen LogP contribution is -2.26. The molecule has 1 rings (SSSR count). The van der Waals surface area contributed by atoms with Crippen LogP contribution in [0.5, 0.6) is 0 Å². The number of hydrogen-bond donors (Lipinski definition) is 1. The molecule has 1 atom stereocenters. The van der Waals surface area contributed by atoms with Crippen molar-refractivity contribution in [1.82, 2.24) is 15.3 Å². The largest absolute Gasteiger partial charge is 0.309 e. The van der Waals surface area contributed by atoms with Crippen molar-refractivity contribution in [2.45, 2.75) is 59.5 Å².